The van der Waals surface area contributed by atoms with E-state index in [1.807, 2.05) is 11.8 Å². The van der Waals surface area contributed by atoms with E-state index < -0.39 is 0 Å². The lowest BCUT2D eigenvalue weighted by Gasteiger charge is -2.42. The van der Waals surface area contributed by atoms with Gasteiger partial charge in [0.1, 0.15) is 5.78 Å². The van der Waals surface area contributed by atoms with Crippen LogP contribution in [0.2, 0.25) is 0 Å². The van der Waals surface area contributed by atoms with Crippen molar-refractivity contribution in [2.45, 2.75) is 57.0 Å². The molecule has 0 bridgehead atoms. The number of hydrogen-bond donors (Lipinski definition) is 1. The van der Waals surface area contributed by atoms with Crippen molar-refractivity contribution in [3.8, 4) is 0 Å². The summed E-state index contributed by atoms with van der Waals surface area (Å²) < 4.78 is 6.06. The number of thioether (sulfide) groups is 1. The fourth-order valence-corrected chi connectivity index (χ4v) is 5.71. The zero-order valence-electron chi connectivity index (χ0n) is 12.4. The van der Waals surface area contributed by atoms with Crippen LogP contribution in [0.5, 0.6) is 0 Å². The molecule has 3 aliphatic rings. The molecule has 2 N–H and O–H groups in total. The van der Waals surface area contributed by atoms with Crippen LogP contribution in [0, 0.1) is 11.3 Å². The van der Waals surface area contributed by atoms with Gasteiger partial charge in [-0.2, -0.15) is 11.8 Å². The molecule has 1 spiro atoms. The van der Waals surface area contributed by atoms with Gasteiger partial charge in [0.15, 0.2) is 0 Å². The van der Waals surface area contributed by atoms with Crippen molar-refractivity contribution in [3.63, 3.8) is 0 Å². The summed E-state index contributed by atoms with van der Waals surface area (Å²) >= 11 is 1.97. The summed E-state index contributed by atoms with van der Waals surface area (Å²) in [5.41, 5.74) is 5.84. The zero-order chi connectivity index (χ0) is 14.1. The number of carbonyl (C=O) groups is 1. The summed E-state index contributed by atoms with van der Waals surface area (Å²) in [5, 5.41) is 0. The van der Waals surface area contributed by atoms with Gasteiger partial charge < -0.3 is 10.5 Å². The summed E-state index contributed by atoms with van der Waals surface area (Å²) in [6.07, 6.45) is 8.62. The van der Waals surface area contributed by atoms with Gasteiger partial charge in [-0.05, 0) is 37.9 Å². The Bertz CT molecular complexity index is 359. The first-order valence-corrected chi connectivity index (χ1v) is 9.31. The third-order valence-electron chi connectivity index (χ3n) is 5.65. The Kier molecular flexibility index (Phi) is 4.44. The molecule has 3 nitrogen and oxygen atoms in total. The van der Waals surface area contributed by atoms with Crippen LogP contribution >= 0.6 is 11.8 Å². The second kappa shape index (κ2) is 5.98. The van der Waals surface area contributed by atoms with Crippen LogP contribution in [0.1, 0.15) is 51.4 Å². The van der Waals surface area contributed by atoms with Gasteiger partial charge in [-0.3, -0.25) is 4.79 Å². The molecule has 2 saturated heterocycles. The second-order valence-corrected chi connectivity index (χ2v) is 8.04. The predicted octanol–water partition coefficient (Wildman–Crippen LogP) is 2.77. The molecule has 2 heterocycles. The molecule has 20 heavy (non-hydrogen) atoms. The Morgan fingerprint density at radius 3 is 2.70 bits per heavy atom. The molecule has 0 aromatic heterocycles. The number of rotatable bonds is 3. The van der Waals surface area contributed by atoms with Gasteiger partial charge in [-0.15, -0.1) is 0 Å². The largest absolute Gasteiger partial charge is 0.374 e. The molecule has 4 heteroatoms. The minimum absolute atomic E-state index is 0.00764. The maximum atomic E-state index is 13.1. The standard InChI is InChI=1S/C16H27NO2S/c17-11-15(5-2-1-3-6-15)14(18)13-4-8-19-16(10-13)7-9-20-12-16/h13H,1-12,17H2. The Balaban J connectivity index is 1.72. The first kappa shape index (κ1) is 14.9. The number of ether oxygens (including phenoxy) is 1. The summed E-state index contributed by atoms with van der Waals surface area (Å²) in [6, 6.07) is 0. The van der Waals surface area contributed by atoms with Crippen LogP contribution in [0.4, 0.5) is 0 Å². The van der Waals surface area contributed by atoms with E-state index in [1.54, 1.807) is 0 Å². The molecule has 1 saturated carbocycles. The normalized spacial score (nSPS) is 37.1. The summed E-state index contributed by atoms with van der Waals surface area (Å²) in [6.45, 7) is 1.31. The third-order valence-corrected chi connectivity index (χ3v) is 6.88. The van der Waals surface area contributed by atoms with Crippen LogP contribution in [0.3, 0.4) is 0 Å². The molecule has 2 atom stereocenters. The van der Waals surface area contributed by atoms with Gasteiger partial charge in [0.2, 0.25) is 0 Å². The van der Waals surface area contributed by atoms with Crippen molar-refractivity contribution < 1.29 is 9.53 Å². The van der Waals surface area contributed by atoms with Crippen molar-refractivity contribution in [3.05, 3.63) is 0 Å². The lowest BCUT2D eigenvalue weighted by Crippen LogP contribution is -2.49. The minimum Gasteiger partial charge on any atom is -0.374 e. The average Bonchev–Trinajstić information content (AvgIpc) is 2.95. The molecular weight excluding hydrogens is 270 g/mol. The topological polar surface area (TPSA) is 52.3 Å². The first-order chi connectivity index (χ1) is 9.70. The number of ketones is 1. The number of Topliss-reactive ketones (excluding diaryl/α,β-unsaturated/α-hetero) is 1. The van der Waals surface area contributed by atoms with E-state index in [0.29, 0.717) is 12.3 Å². The second-order valence-electron chi connectivity index (χ2n) is 6.93. The van der Waals surface area contributed by atoms with E-state index in [1.165, 1.54) is 25.0 Å². The Hall–Kier alpha value is -0.0600. The molecule has 2 aliphatic heterocycles. The van der Waals surface area contributed by atoms with Gasteiger partial charge in [0, 0.05) is 30.2 Å². The maximum Gasteiger partial charge on any atom is 0.143 e. The van der Waals surface area contributed by atoms with Gasteiger partial charge in [0.25, 0.3) is 0 Å². The lowest BCUT2D eigenvalue weighted by atomic mass is 9.65. The van der Waals surface area contributed by atoms with E-state index in [9.17, 15) is 4.79 Å². The molecule has 2 unspecified atom stereocenters. The average molecular weight is 297 g/mol. The van der Waals surface area contributed by atoms with Gasteiger partial charge in [0.05, 0.1) is 5.60 Å². The molecule has 3 fully saturated rings. The predicted molar refractivity (Wildman–Crippen MR) is 82.9 cm³/mol. The van der Waals surface area contributed by atoms with Crippen LogP contribution in [-0.4, -0.2) is 36.0 Å². The van der Waals surface area contributed by atoms with Crippen LogP contribution in [0.25, 0.3) is 0 Å². The number of carbonyl (C=O) groups excluding carboxylic acids is 1. The van der Waals surface area contributed by atoms with Gasteiger partial charge in [-0.1, -0.05) is 19.3 Å². The molecule has 0 aromatic rings. The summed E-state index contributed by atoms with van der Waals surface area (Å²) in [7, 11) is 0. The SMILES string of the molecule is NCC1(C(=O)C2CCOC3(CCSC3)C2)CCCCC1. The Morgan fingerprint density at radius 2 is 2.05 bits per heavy atom. The number of hydrogen-bond acceptors (Lipinski definition) is 4. The van der Waals surface area contributed by atoms with Crippen LogP contribution < -0.4 is 5.73 Å². The molecule has 0 amide bonds. The van der Waals surface area contributed by atoms with E-state index in [2.05, 4.69) is 0 Å². The molecule has 0 aromatic carbocycles. The summed E-state index contributed by atoms with van der Waals surface area (Å²) in [4.78, 5) is 13.1. The zero-order valence-corrected chi connectivity index (χ0v) is 13.2. The highest BCUT2D eigenvalue weighted by atomic mass is 32.2. The molecule has 3 rings (SSSR count). The fraction of sp³-hybridized carbons (Fsp3) is 0.938. The quantitative estimate of drug-likeness (QED) is 0.870. The highest BCUT2D eigenvalue weighted by Gasteiger charge is 2.47. The molecular formula is C16H27NO2S. The minimum atomic E-state index is -0.201. The van der Waals surface area contributed by atoms with Crippen molar-refractivity contribution in [1.82, 2.24) is 0 Å². The molecule has 114 valence electrons. The highest BCUT2D eigenvalue weighted by molar-refractivity contribution is 7.99. The summed E-state index contributed by atoms with van der Waals surface area (Å²) in [5.74, 6) is 2.93. The van der Waals surface area contributed by atoms with E-state index in [0.717, 1.165) is 44.5 Å². The van der Waals surface area contributed by atoms with E-state index in [4.69, 9.17) is 10.5 Å². The lowest BCUT2D eigenvalue weighted by molar-refractivity contribution is -0.145. The highest BCUT2D eigenvalue weighted by Crippen LogP contribution is 2.45. The van der Waals surface area contributed by atoms with E-state index in [-0.39, 0.29) is 16.9 Å². The van der Waals surface area contributed by atoms with Crippen molar-refractivity contribution >= 4 is 17.5 Å². The van der Waals surface area contributed by atoms with Crippen LogP contribution in [0.15, 0.2) is 0 Å². The van der Waals surface area contributed by atoms with Crippen LogP contribution in [-0.2, 0) is 9.53 Å². The molecule has 0 radical (unpaired) electrons. The monoisotopic (exact) mass is 297 g/mol. The van der Waals surface area contributed by atoms with Crippen molar-refractivity contribution in [2.24, 2.45) is 17.1 Å². The maximum absolute atomic E-state index is 13.1. The van der Waals surface area contributed by atoms with E-state index >= 15 is 0 Å². The Morgan fingerprint density at radius 1 is 1.25 bits per heavy atom. The van der Waals surface area contributed by atoms with Gasteiger partial charge in [-0.25, -0.2) is 0 Å². The first-order valence-electron chi connectivity index (χ1n) is 8.16. The smallest absolute Gasteiger partial charge is 0.143 e. The molecule has 1 aliphatic carbocycles. The number of nitrogens with two attached hydrogens (primary N) is 1. The Labute approximate surface area is 126 Å². The van der Waals surface area contributed by atoms with Crippen molar-refractivity contribution in [2.75, 3.05) is 24.7 Å². The third kappa shape index (κ3) is 2.67. The fourth-order valence-electron chi connectivity index (χ4n) is 4.33. The van der Waals surface area contributed by atoms with Gasteiger partial charge >= 0.3 is 0 Å². The van der Waals surface area contributed by atoms with Crippen molar-refractivity contribution in [1.29, 1.82) is 0 Å².